The third kappa shape index (κ3) is 7.76. The van der Waals surface area contributed by atoms with Gasteiger partial charge in [-0.25, -0.2) is 0 Å². The number of benzene rings is 1. The van der Waals surface area contributed by atoms with Crippen LogP contribution in [0.2, 0.25) is 13.3 Å². The summed E-state index contributed by atoms with van der Waals surface area (Å²) in [5.41, 5.74) is 2.85. The molecule has 0 heterocycles. The first-order valence-electron chi connectivity index (χ1n) is 11.0. The predicted octanol–water partition coefficient (Wildman–Crippen LogP) is 7.80. The second-order valence-corrected chi connectivity index (χ2v) is 20.9. The van der Waals surface area contributed by atoms with Gasteiger partial charge in [0.25, 0.3) is 0 Å². The average Bonchev–Trinajstić information content (AvgIpc) is 2.66. The van der Waals surface area contributed by atoms with E-state index in [-0.39, 0.29) is 0 Å². The van der Waals surface area contributed by atoms with Crippen molar-refractivity contribution in [2.24, 2.45) is 0 Å². The molecule has 0 N–H and O–H groups in total. The molecule has 0 aromatic heterocycles. The molecule has 0 unspecified atom stereocenters. The van der Waals surface area contributed by atoms with Crippen molar-refractivity contribution in [1.82, 2.24) is 0 Å². The van der Waals surface area contributed by atoms with E-state index in [9.17, 15) is 0 Å². The van der Waals surface area contributed by atoms with Crippen LogP contribution in [0.4, 0.5) is 0 Å². The van der Waals surface area contributed by atoms with E-state index in [2.05, 4.69) is 65.0 Å². The number of unbranched alkanes of at least 4 members (excludes halogenated alkanes) is 3. The SMILES string of the molecule is CCC[CH2][Sn]([CH2]CCC)([CH2]CCC)/[C](=C\COCC)c1ccc(C)cc1. The topological polar surface area (TPSA) is 9.23 Å². The van der Waals surface area contributed by atoms with Crippen molar-refractivity contribution >= 4 is 22.0 Å². The van der Waals surface area contributed by atoms with Crippen molar-refractivity contribution in [1.29, 1.82) is 0 Å². The predicted molar refractivity (Wildman–Crippen MR) is 121 cm³/mol. The zero-order valence-electron chi connectivity index (χ0n) is 18.1. The fraction of sp³-hybridized carbons (Fsp3) is 0.667. The van der Waals surface area contributed by atoms with Crippen molar-refractivity contribution in [3.05, 3.63) is 41.5 Å². The minimum absolute atomic E-state index is 0.781. The second-order valence-electron chi connectivity index (χ2n) is 7.73. The van der Waals surface area contributed by atoms with Gasteiger partial charge in [0.2, 0.25) is 0 Å². The van der Waals surface area contributed by atoms with Gasteiger partial charge in [-0.15, -0.1) is 0 Å². The van der Waals surface area contributed by atoms with Crippen molar-refractivity contribution in [3.8, 4) is 0 Å². The Morgan fingerprint density at radius 1 is 0.846 bits per heavy atom. The fourth-order valence-electron chi connectivity index (χ4n) is 3.96. The molecule has 0 atom stereocenters. The van der Waals surface area contributed by atoms with Gasteiger partial charge in [0, 0.05) is 0 Å². The molecule has 0 aliphatic carbocycles. The number of ether oxygens (including phenoxy) is 1. The number of rotatable bonds is 14. The Bertz CT molecular complexity index is 482. The molecule has 0 aliphatic rings. The molecule has 0 radical (unpaired) electrons. The standard InChI is InChI=1S/C12H15O.3C4H9.Sn/c1-3-13-10-4-5-12-8-6-11(2)7-9-12;3*1-3-4-2;/h4,6-9H,3,10H2,1-2H3;3*1,3-4H2,2H3;. The average molecular weight is 465 g/mol. The number of aryl methyl sites for hydroxylation is 1. The van der Waals surface area contributed by atoms with E-state index in [1.807, 2.05) is 0 Å². The van der Waals surface area contributed by atoms with Crippen LogP contribution in [-0.2, 0) is 4.74 Å². The number of hydrogen-bond donors (Lipinski definition) is 0. The van der Waals surface area contributed by atoms with E-state index in [1.54, 1.807) is 3.59 Å². The molecule has 2 heteroatoms. The monoisotopic (exact) mass is 466 g/mol. The summed E-state index contributed by atoms with van der Waals surface area (Å²) in [7, 11) is 0. The summed E-state index contributed by atoms with van der Waals surface area (Å²) >= 11 is -2.44. The van der Waals surface area contributed by atoms with Gasteiger partial charge < -0.3 is 0 Å². The first-order valence-corrected chi connectivity index (χ1v) is 18.5. The van der Waals surface area contributed by atoms with E-state index in [1.165, 1.54) is 63.0 Å². The second kappa shape index (κ2) is 13.8. The van der Waals surface area contributed by atoms with Gasteiger partial charge in [0.05, 0.1) is 0 Å². The third-order valence-corrected chi connectivity index (χ3v) is 21.5. The summed E-state index contributed by atoms with van der Waals surface area (Å²) in [4.78, 5) is 0. The van der Waals surface area contributed by atoms with Crippen LogP contribution in [0.25, 0.3) is 3.59 Å². The van der Waals surface area contributed by atoms with Gasteiger partial charge in [-0.3, -0.25) is 0 Å². The molecule has 0 saturated heterocycles. The van der Waals surface area contributed by atoms with E-state index in [0.717, 1.165) is 13.2 Å². The Morgan fingerprint density at radius 2 is 1.35 bits per heavy atom. The first kappa shape index (κ1) is 23.8. The van der Waals surface area contributed by atoms with Crippen molar-refractivity contribution in [2.75, 3.05) is 13.2 Å². The molecular weight excluding hydrogens is 423 g/mol. The minimum atomic E-state index is -2.44. The molecule has 0 aliphatic heterocycles. The molecule has 26 heavy (non-hydrogen) atoms. The fourth-order valence-corrected chi connectivity index (χ4v) is 20.9. The first-order chi connectivity index (χ1) is 12.6. The van der Waals surface area contributed by atoms with Crippen LogP contribution in [-0.4, -0.2) is 31.6 Å². The molecular formula is C24H42OSn. The van der Waals surface area contributed by atoms with Gasteiger partial charge in [-0.1, -0.05) is 0 Å². The maximum atomic E-state index is 5.77. The molecule has 1 nitrogen and oxygen atoms in total. The summed E-state index contributed by atoms with van der Waals surface area (Å²) in [6, 6.07) is 9.34. The van der Waals surface area contributed by atoms with Gasteiger partial charge in [0.1, 0.15) is 0 Å². The Labute approximate surface area is 167 Å². The van der Waals surface area contributed by atoms with Crippen molar-refractivity contribution < 1.29 is 4.74 Å². The van der Waals surface area contributed by atoms with Crippen LogP contribution in [0.5, 0.6) is 0 Å². The number of hydrogen-bond acceptors (Lipinski definition) is 1. The van der Waals surface area contributed by atoms with Crippen LogP contribution in [0.3, 0.4) is 0 Å². The zero-order chi connectivity index (χ0) is 19.3. The van der Waals surface area contributed by atoms with Crippen LogP contribution in [0.15, 0.2) is 30.3 Å². The molecule has 0 spiro atoms. The summed E-state index contributed by atoms with van der Waals surface area (Å²) in [6.07, 6.45) is 10.7. The van der Waals surface area contributed by atoms with Crippen molar-refractivity contribution in [2.45, 2.75) is 86.5 Å². The Hall–Kier alpha value is -0.281. The van der Waals surface area contributed by atoms with Gasteiger partial charge in [-0.2, -0.15) is 0 Å². The maximum absolute atomic E-state index is 5.77. The summed E-state index contributed by atoms with van der Waals surface area (Å²) in [5.74, 6) is 0. The Balaban J connectivity index is 3.33. The van der Waals surface area contributed by atoms with Crippen LogP contribution in [0.1, 0.15) is 77.3 Å². The van der Waals surface area contributed by atoms with Crippen LogP contribution in [0, 0.1) is 6.92 Å². The van der Waals surface area contributed by atoms with Crippen molar-refractivity contribution in [3.63, 3.8) is 0 Å². The van der Waals surface area contributed by atoms with Gasteiger partial charge in [-0.05, 0) is 0 Å². The third-order valence-electron chi connectivity index (χ3n) is 5.57. The molecule has 1 aromatic rings. The van der Waals surface area contributed by atoms with E-state index < -0.39 is 18.4 Å². The Morgan fingerprint density at radius 3 is 1.77 bits per heavy atom. The normalized spacial score (nSPS) is 12.6. The zero-order valence-corrected chi connectivity index (χ0v) is 20.9. The quantitative estimate of drug-likeness (QED) is 0.201. The molecule has 1 aromatic carbocycles. The van der Waals surface area contributed by atoms with Gasteiger partial charge in [0.15, 0.2) is 0 Å². The Kier molecular flexibility index (Phi) is 12.6. The summed E-state index contributed by atoms with van der Waals surface area (Å²) in [6.45, 7) is 12.9. The van der Waals surface area contributed by atoms with E-state index in [0.29, 0.717) is 0 Å². The van der Waals surface area contributed by atoms with Crippen LogP contribution >= 0.6 is 0 Å². The molecule has 148 valence electrons. The molecule has 0 bridgehead atoms. The van der Waals surface area contributed by atoms with E-state index in [4.69, 9.17) is 4.74 Å². The van der Waals surface area contributed by atoms with Crippen LogP contribution < -0.4 is 0 Å². The van der Waals surface area contributed by atoms with Gasteiger partial charge >= 0.3 is 168 Å². The molecule has 0 amide bonds. The molecule has 0 saturated carbocycles. The molecule has 1 rings (SSSR count). The summed E-state index contributed by atoms with van der Waals surface area (Å²) < 4.78 is 12.1. The summed E-state index contributed by atoms with van der Waals surface area (Å²) in [5, 5.41) is 0. The van der Waals surface area contributed by atoms with E-state index >= 15 is 0 Å². The molecule has 0 fully saturated rings.